The zero-order valence-electron chi connectivity index (χ0n) is 12.9. The molecule has 20 heavy (non-hydrogen) atoms. The second-order valence-corrected chi connectivity index (χ2v) is 5.49. The number of para-hydroxylation sites is 2. The highest BCUT2D eigenvalue weighted by Gasteiger charge is 2.20. The van der Waals surface area contributed by atoms with Crippen molar-refractivity contribution in [2.75, 3.05) is 7.05 Å². The van der Waals surface area contributed by atoms with Crippen LogP contribution in [0.4, 0.5) is 0 Å². The first-order valence-electron chi connectivity index (χ1n) is 7.80. The van der Waals surface area contributed by atoms with Gasteiger partial charge in [-0.05, 0) is 31.5 Å². The zero-order valence-corrected chi connectivity index (χ0v) is 12.9. The van der Waals surface area contributed by atoms with Gasteiger partial charge in [0, 0.05) is 12.5 Å². The molecule has 110 valence electrons. The number of benzene rings is 1. The molecule has 2 atom stereocenters. The maximum Gasteiger partial charge on any atom is 0.197 e. The third-order valence-corrected chi connectivity index (χ3v) is 4.13. The minimum Gasteiger partial charge on any atom is -0.441 e. The topological polar surface area (TPSA) is 38.1 Å². The molecule has 3 nitrogen and oxygen atoms in total. The van der Waals surface area contributed by atoms with E-state index in [0.29, 0.717) is 12.0 Å². The number of nitrogens with zero attached hydrogens (tertiary/aromatic N) is 1. The fraction of sp³-hybridized carbons (Fsp3) is 0.588. The van der Waals surface area contributed by atoms with Gasteiger partial charge in [-0.25, -0.2) is 4.98 Å². The molecule has 0 aliphatic carbocycles. The zero-order chi connectivity index (χ0) is 14.4. The van der Waals surface area contributed by atoms with E-state index < -0.39 is 0 Å². The summed E-state index contributed by atoms with van der Waals surface area (Å²) in [7, 11) is 2.04. The predicted molar refractivity (Wildman–Crippen MR) is 83.9 cm³/mol. The number of oxazole rings is 1. The molecule has 3 heteroatoms. The average molecular weight is 274 g/mol. The van der Waals surface area contributed by atoms with E-state index in [4.69, 9.17) is 4.42 Å². The standard InChI is InChI=1S/C17H26N2O/c1-4-6-9-13(5-2)15(18-3)12-17-19-14-10-7-8-11-16(14)20-17/h7-8,10-11,13,15,18H,4-6,9,12H2,1-3H3. The molecular weight excluding hydrogens is 248 g/mol. The van der Waals surface area contributed by atoms with Crippen LogP contribution in [-0.2, 0) is 6.42 Å². The highest BCUT2D eigenvalue weighted by atomic mass is 16.3. The Labute approximate surface area is 121 Å². The highest BCUT2D eigenvalue weighted by Crippen LogP contribution is 2.22. The summed E-state index contributed by atoms with van der Waals surface area (Å²) in [5.41, 5.74) is 1.85. The largest absolute Gasteiger partial charge is 0.441 e. The minimum atomic E-state index is 0.444. The Morgan fingerprint density at radius 1 is 1.25 bits per heavy atom. The summed E-state index contributed by atoms with van der Waals surface area (Å²) in [5.74, 6) is 1.54. The molecule has 0 saturated carbocycles. The van der Waals surface area contributed by atoms with Crippen molar-refractivity contribution in [3.8, 4) is 0 Å². The number of likely N-dealkylation sites (N-methyl/N-ethyl adjacent to an activating group) is 1. The third kappa shape index (κ3) is 3.60. The summed E-state index contributed by atoms with van der Waals surface area (Å²) < 4.78 is 5.85. The van der Waals surface area contributed by atoms with Gasteiger partial charge in [-0.1, -0.05) is 45.2 Å². The number of nitrogens with one attached hydrogen (secondary N) is 1. The lowest BCUT2D eigenvalue weighted by Gasteiger charge is -2.24. The van der Waals surface area contributed by atoms with E-state index in [9.17, 15) is 0 Å². The van der Waals surface area contributed by atoms with Crippen LogP contribution in [0.2, 0.25) is 0 Å². The van der Waals surface area contributed by atoms with E-state index in [-0.39, 0.29) is 0 Å². The summed E-state index contributed by atoms with van der Waals surface area (Å²) >= 11 is 0. The number of hydrogen-bond acceptors (Lipinski definition) is 3. The van der Waals surface area contributed by atoms with Crippen LogP contribution in [0.1, 0.15) is 45.4 Å². The van der Waals surface area contributed by atoms with Crippen LogP contribution in [0.25, 0.3) is 11.1 Å². The second-order valence-electron chi connectivity index (χ2n) is 5.49. The summed E-state index contributed by atoms with van der Waals surface area (Å²) in [6.07, 6.45) is 5.90. The molecule has 0 fully saturated rings. The Balaban J connectivity index is 2.07. The van der Waals surface area contributed by atoms with Gasteiger partial charge >= 0.3 is 0 Å². The van der Waals surface area contributed by atoms with Crippen LogP contribution in [0.3, 0.4) is 0 Å². The molecule has 0 bridgehead atoms. The van der Waals surface area contributed by atoms with E-state index in [1.807, 2.05) is 31.3 Å². The number of fused-ring (bicyclic) bond motifs is 1. The fourth-order valence-corrected chi connectivity index (χ4v) is 2.86. The van der Waals surface area contributed by atoms with Gasteiger partial charge in [0.05, 0.1) is 0 Å². The minimum absolute atomic E-state index is 0.444. The van der Waals surface area contributed by atoms with Gasteiger partial charge in [-0.2, -0.15) is 0 Å². The Kier molecular flexibility index (Phi) is 5.60. The van der Waals surface area contributed by atoms with Crippen molar-refractivity contribution >= 4 is 11.1 Å². The Morgan fingerprint density at radius 3 is 2.70 bits per heavy atom. The van der Waals surface area contributed by atoms with E-state index in [0.717, 1.165) is 23.4 Å². The Hall–Kier alpha value is -1.35. The lowest BCUT2D eigenvalue weighted by atomic mass is 9.89. The van der Waals surface area contributed by atoms with E-state index >= 15 is 0 Å². The van der Waals surface area contributed by atoms with Gasteiger partial charge < -0.3 is 9.73 Å². The summed E-state index contributed by atoms with van der Waals surface area (Å²) in [6, 6.07) is 8.42. The van der Waals surface area contributed by atoms with Gasteiger partial charge in [0.1, 0.15) is 5.52 Å². The molecule has 1 heterocycles. The smallest absolute Gasteiger partial charge is 0.197 e. The van der Waals surface area contributed by atoms with Gasteiger partial charge in [0.15, 0.2) is 11.5 Å². The van der Waals surface area contributed by atoms with Crippen molar-refractivity contribution in [3.63, 3.8) is 0 Å². The normalized spacial score (nSPS) is 14.6. The molecule has 1 N–H and O–H groups in total. The van der Waals surface area contributed by atoms with E-state index in [2.05, 4.69) is 24.1 Å². The first kappa shape index (κ1) is 15.0. The molecule has 0 amide bonds. The lowest BCUT2D eigenvalue weighted by Crippen LogP contribution is -2.35. The monoisotopic (exact) mass is 274 g/mol. The molecule has 2 unspecified atom stereocenters. The molecule has 2 aromatic rings. The maximum atomic E-state index is 5.85. The van der Waals surface area contributed by atoms with E-state index in [1.165, 1.54) is 25.7 Å². The summed E-state index contributed by atoms with van der Waals surface area (Å²) in [5, 5.41) is 3.45. The SMILES string of the molecule is CCCCC(CC)C(Cc1nc2ccccc2o1)NC. The van der Waals surface area contributed by atoms with Crippen LogP contribution < -0.4 is 5.32 Å². The quantitative estimate of drug-likeness (QED) is 0.785. The maximum absolute atomic E-state index is 5.85. The predicted octanol–water partition coefficient (Wildman–Crippen LogP) is 4.17. The van der Waals surface area contributed by atoms with Crippen LogP contribution in [0.5, 0.6) is 0 Å². The molecular formula is C17H26N2O. The summed E-state index contributed by atoms with van der Waals surface area (Å²) in [4.78, 5) is 4.59. The lowest BCUT2D eigenvalue weighted by molar-refractivity contribution is 0.313. The molecule has 1 aromatic carbocycles. The van der Waals surface area contributed by atoms with Crippen molar-refractivity contribution in [2.45, 2.75) is 52.0 Å². The van der Waals surface area contributed by atoms with Gasteiger partial charge in [-0.3, -0.25) is 0 Å². The van der Waals surface area contributed by atoms with Crippen LogP contribution in [0, 0.1) is 5.92 Å². The van der Waals surface area contributed by atoms with E-state index in [1.54, 1.807) is 0 Å². The first-order chi connectivity index (χ1) is 9.78. The average Bonchev–Trinajstić information content (AvgIpc) is 2.89. The van der Waals surface area contributed by atoms with Crippen molar-refractivity contribution in [2.24, 2.45) is 5.92 Å². The number of hydrogen-bond donors (Lipinski definition) is 1. The van der Waals surface area contributed by atoms with Crippen molar-refractivity contribution in [3.05, 3.63) is 30.2 Å². The van der Waals surface area contributed by atoms with Gasteiger partial charge in [0.2, 0.25) is 0 Å². The molecule has 0 aliphatic rings. The van der Waals surface area contributed by atoms with Gasteiger partial charge in [0.25, 0.3) is 0 Å². The van der Waals surface area contributed by atoms with Crippen LogP contribution >= 0.6 is 0 Å². The Morgan fingerprint density at radius 2 is 2.05 bits per heavy atom. The van der Waals surface area contributed by atoms with Gasteiger partial charge in [-0.15, -0.1) is 0 Å². The molecule has 0 aliphatic heterocycles. The third-order valence-electron chi connectivity index (χ3n) is 4.13. The summed E-state index contributed by atoms with van der Waals surface area (Å²) in [6.45, 7) is 4.53. The van der Waals surface area contributed by atoms with Crippen molar-refractivity contribution in [1.82, 2.24) is 10.3 Å². The molecule has 2 rings (SSSR count). The second kappa shape index (κ2) is 7.44. The first-order valence-corrected chi connectivity index (χ1v) is 7.80. The molecule has 0 radical (unpaired) electrons. The van der Waals surface area contributed by atoms with Crippen LogP contribution in [-0.4, -0.2) is 18.1 Å². The fourth-order valence-electron chi connectivity index (χ4n) is 2.86. The van der Waals surface area contributed by atoms with Crippen LogP contribution in [0.15, 0.2) is 28.7 Å². The highest BCUT2D eigenvalue weighted by molar-refractivity contribution is 5.72. The number of unbranched alkanes of at least 4 members (excludes halogenated alkanes) is 1. The number of rotatable bonds is 8. The Bertz CT molecular complexity index is 487. The van der Waals surface area contributed by atoms with Crippen molar-refractivity contribution < 1.29 is 4.42 Å². The molecule has 0 spiro atoms. The molecule has 1 aromatic heterocycles. The number of aromatic nitrogens is 1. The van der Waals surface area contributed by atoms with Crippen molar-refractivity contribution in [1.29, 1.82) is 0 Å². The molecule has 0 saturated heterocycles.